The molecule has 1 nitrogen and oxygen atoms in total. The van der Waals surface area contributed by atoms with E-state index in [2.05, 4.69) is 57.3 Å². The molecule has 0 radical (unpaired) electrons. The Labute approximate surface area is 131 Å². The van der Waals surface area contributed by atoms with E-state index in [1.54, 1.807) is 0 Å². The van der Waals surface area contributed by atoms with Gasteiger partial charge in [-0.3, -0.25) is 0 Å². The highest BCUT2D eigenvalue weighted by Crippen LogP contribution is 2.46. The smallest absolute Gasteiger partial charge is 0.0353 e. The predicted molar refractivity (Wildman–Crippen MR) is 92.6 cm³/mol. The molecule has 2 unspecified atom stereocenters. The summed E-state index contributed by atoms with van der Waals surface area (Å²) in [7, 11) is 0. The molecule has 21 heavy (non-hydrogen) atoms. The van der Waals surface area contributed by atoms with Crippen molar-refractivity contribution in [2.24, 2.45) is 11.3 Å². The topological polar surface area (TPSA) is 12.0 Å². The standard InChI is InChI=1S/C20H33N/c1-5-9-16-11-13-17(14-12-16)19(21-6-2)18-10-7-8-15-20(18,3)4/h11-14,18-19,21H,5-10,15H2,1-4H3. The first-order valence-corrected chi connectivity index (χ1v) is 8.90. The van der Waals surface area contributed by atoms with Crippen molar-refractivity contribution in [3.63, 3.8) is 0 Å². The second-order valence-electron chi connectivity index (χ2n) is 7.37. The highest BCUT2D eigenvalue weighted by atomic mass is 14.9. The monoisotopic (exact) mass is 287 g/mol. The van der Waals surface area contributed by atoms with Crippen LogP contribution in [0.3, 0.4) is 0 Å². The molecule has 0 bridgehead atoms. The van der Waals surface area contributed by atoms with Gasteiger partial charge < -0.3 is 5.32 Å². The number of aryl methyl sites for hydroxylation is 1. The molecule has 118 valence electrons. The molecule has 0 aromatic heterocycles. The summed E-state index contributed by atoms with van der Waals surface area (Å²) in [5, 5.41) is 3.78. The van der Waals surface area contributed by atoms with Crippen LogP contribution < -0.4 is 5.32 Å². The van der Waals surface area contributed by atoms with Gasteiger partial charge in [0.15, 0.2) is 0 Å². The summed E-state index contributed by atoms with van der Waals surface area (Å²) in [5.74, 6) is 0.753. The lowest BCUT2D eigenvalue weighted by Crippen LogP contribution is -2.39. The van der Waals surface area contributed by atoms with Crippen LogP contribution >= 0.6 is 0 Å². The van der Waals surface area contributed by atoms with E-state index < -0.39 is 0 Å². The highest BCUT2D eigenvalue weighted by Gasteiger charge is 2.37. The van der Waals surface area contributed by atoms with Crippen molar-refractivity contribution in [3.8, 4) is 0 Å². The van der Waals surface area contributed by atoms with Crippen LogP contribution in [0.4, 0.5) is 0 Å². The molecule has 1 aromatic carbocycles. The van der Waals surface area contributed by atoms with E-state index in [0.29, 0.717) is 11.5 Å². The maximum atomic E-state index is 3.78. The van der Waals surface area contributed by atoms with Crippen molar-refractivity contribution in [1.82, 2.24) is 5.32 Å². The van der Waals surface area contributed by atoms with Crippen molar-refractivity contribution in [2.75, 3.05) is 6.54 Å². The largest absolute Gasteiger partial charge is 0.310 e. The van der Waals surface area contributed by atoms with Crippen molar-refractivity contribution in [1.29, 1.82) is 0 Å². The number of hydrogen-bond donors (Lipinski definition) is 1. The van der Waals surface area contributed by atoms with Gasteiger partial charge in [-0.25, -0.2) is 0 Å². The average molecular weight is 287 g/mol. The summed E-state index contributed by atoms with van der Waals surface area (Å²) in [6.45, 7) is 10.5. The Morgan fingerprint density at radius 2 is 1.86 bits per heavy atom. The molecule has 1 aliphatic rings. The van der Waals surface area contributed by atoms with Crippen molar-refractivity contribution in [3.05, 3.63) is 35.4 Å². The Kier molecular flexibility index (Phi) is 5.87. The quantitative estimate of drug-likeness (QED) is 0.728. The first-order valence-electron chi connectivity index (χ1n) is 8.90. The van der Waals surface area contributed by atoms with Crippen LogP contribution in [0.25, 0.3) is 0 Å². The molecule has 1 saturated carbocycles. The van der Waals surface area contributed by atoms with E-state index in [1.165, 1.54) is 49.7 Å². The minimum absolute atomic E-state index is 0.452. The van der Waals surface area contributed by atoms with Gasteiger partial charge in [0, 0.05) is 6.04 Å². The lowest BCUT2D eigenvalue weighted by Gasteiger charge is -2.43. The summed E-state index contributed by atoms with van der Waals surface area (Å²) in [4.78, 5) is 0. The Morgan fingerprint density at radius 3 is 2.43 bits per heavy atom. The second kappa shape index (κ2) is 7.45. The van der Waals surface area contributed by atoms with Gasteiger partial charge in [0.25, 0.3) is 0 Å². The van der Waals surface area contributed by atoms with Crippen LogP contribution in [0.15, 0.2) is 24.3 Å². The first-order chi connectivity index (χ1) is 10.1. The Morgan fingerprint density at radius 1 is 1.14 bits per heavy atom. The van der Waals surface area contributed by atoms with Crippen molar-refractivity contribution >= 4 is 0 Å². The van der Waals surface area contributed by atoms with E-state index in [9.17, 15) is 0 Å². The van der Waals surface area contributed by atoms with Crippen LogP contribution in [0.2, 0.25) is 0 Å². The minimum atomic E-state index is 0.452. The molecule has 2 atom stereocenters. The van der Waals surface area contributed by atoms with E-state index in [4.69, 9.17) is 0 Å². The Hall–Kier alpha value is -0.820. The minimum Gasteiger partial charge on any atom is -0.310 e. The maximum Gasteiger partial charge on any atom is 0.0353 e. The molecule has 0 amide bonds. The van der Waals surface area contributed by atoms with Crippen LogP contribution in [0, 0.1) is 11.3 Å². The molecule has 0 aliphatic heterocycles. The molecule has 2 rings (SSSR count). The fourth-order valence-electron chi connectivity index (χ4n) is 4.03. The third kappa shape index (κ3) is 4.10. The normalized spacial score (nSPS) is 23.0. The number of nitrogens with one attached hydrogen (secondary N) is 1. The van der Waals surface area contributed by atoms with Gasteiger partial charge in [-0.05, 0) is 48.3 Å². The summed E-state index contributed by atoms with van der Waals surface area (Å²) in [6, 6.07) is 9.91. The van der Waals surface area contributed by atoms with Crippen molar-refractivity contribution in [2.45, 2.75) is 72.3 Å². The van der Waals surface area contributed by atoms with Crippen LogP contribution in [-0.4, -0.2) is 6.54 Å². The van der Waals surface area contributed by atoms with E-state index in [1.807, 2.05) is 0 Å². The third-order valence-corrected chi connectivity index (χ3v) is 5.29. The van der Waals surface area contributed by atoms with Gasteiger partial charge in [-0.1, -0.05) is 71.2 Å². The zero-order chi connectivity index (χ0) is 15.3. The number of hydrogen-bond acceptors (Lipinski definition) is 1. The van der Waals surface area contributed by atoms with E-state index in [0.717, 1.165) is 12.5 Å². The fourth-order valence-corrected chi connectivity index (χ4v) is 4.03. The van der Waals surface area contributed by atoms with Crippen LogP contribution in [-0.2, 0) is 6.42 Å². The second-order valence-corrected chi connectivity index (χ2v) is 7.37. The fraction of sp³-hybridized carbons (Fsp3) is 0.700. The van der Waals surface area contributed by atoms with Gasteiger partial charge in [0.05, 0.1) is 0 Å². The van der Waals surface area contributed by atoms with Crippen molar-refractivity contribution < 1.29 is 0 Å². The summed E-state index contributed by atoms with van der Waals surface area (Å²) < 4.78 is 0. The van der Waals surface area contributed by atoms with E-state index in [-0.39, 0.29) is 0 Å². The Bertz CT molecular complexity index is 418. The molecule has 1 aromatic rings. The summed E-state index contributed by atoms with van der Waals surface area (Å²) in [5.41, 5.74) is 3.41. The lowest BCUT2D eigenvalue weighted by molar-refractivity contribution is 0.0988. The molecule has 1 N–H and O–H groups in total. The summed E-state index contributed by atoms with van der Waals surface area (Å²) >= 11 is 0. The van der Waals surface area contributed by atoms with Crippen LogP contribution in [0.5, 0.6) is 0 Å². The van der Waals surface area contributed by atoms with Gasteiger partial charge in [-0.2, -0.15) is 0 Å². The van der Waals surface area contributed by atoms with Gasteiger partial charge in [-0.15, -0.1) is 0 Å². The molecule has 1 aliphatic carbocycles. The van der Waals surface area contributed by atoms with E-state index >= 15 is 0 Å². The first kappa shape index (κ1) is 16.5. The lowest BCUT2D eigenvalue weighted by atomic mass is 9.64. The Balaban J connectivity index is 2.21. The number of rotatable bonds is 6. The number of benzene rings is 1. The molecule has 1 heteroatoms. The molecular weight excluding hydrogens is 254 g/mol. The average Bonchev–Trinajstić information content (AvgIpc) is 2.46. The summed E-state index contributed by atoms with van der Waals surface area (Å²) in [6.07, 6.45) is 7.95. The third-order valence-electron chi connectivity index (χ3n) is 5.29. The SMILES string of the molecule is CCCc1ccc(C(NCC)C2CCCCC2(C)C)cc1. The maximum absolute atomic E-state index is 3.78. The molecule has 0 spiro atoms. The van der Waals surface area contributed by atoms with Gasteiger partial charge in [0.2, 0.25) is 0 Å². The van der Waals surface area contributed by atoms with Gasteiger partial charge >= 0.3 is 0 Å². The zero-order valence-electron chi connectivity index (χ0n) is 14.4. The predicted octanol–water partition coefficient (Wildman–Crippen LogP) is 5.51. The molecular formula is C20H33N. The van der Waals surface area contributed by atoms with Gasteiger partial charge in [0.1, 0.15) is 0 Å². The molecule has 0 saturated heterocycles. The zero-order valence-corrected chi connectivity index (χ0v) is 14.4. The highest BCUT2D eigenvalue weighted by molar-refractivity contribution is 5.26. The molecule has 1 fully saturated rings. The molecule has 0 heterocycles. The van der Waals surface area contributed by atoms with Crippen LogP contribution in [0.1, 0.15) is 77.0 Å².